The molecule has 72 valence electrons. The number of carbonyl (C=O) groups is 1. The highest BCUT2D eigenvalue weighted by Crippen LogP contribution is 2.19. The number of likely N-dealkylation sites (N-methyl/N-ethyl adjacent to an activating group) is 1. The first-order valence-corrected chi connectivity index (χ1v) is 4.73. The van der Waals surface area contributed by atoms with E-state index in [2.05, 4.69) is 6.58 Å². The first kappa shape index (κ1) is 9.00. The van der Waals surface area contributed by atoms with Gasteiger partial charge >= 0.3 is 0 Å². The average Bonchev–Trinajstić information content (AvgIpc) is 2.23. The van der Waals surface area contributed by atoms with E-state index in [9.17, 15) is 4.79 Å². The zero-order valence-corrected chi connectivity index (χ0v) is 8.29. The molecule has 1 heterocycles. The summed E-state index contributed by atoms with van der Waals surface area (Å²) in [7, 11) is 1.84. The Hall–Kier alpha value is -1.57. The molecule has 0 fully saturated rings. The van der Waals surface area contributed by atoms with Crippen LogP contribution in [0.3, 0.4) is 0 Å². The fourth-order valence-electron chi connectivity index (χ4n) is 1.75. The van der Waals surface area contributed by atoms with Crippen molar-refractivity contribution in [1.29, 1.82) is 0 Å². The predicted octanol–water partition coefficient (Wildman–Crippen LogP) is 1.96. The summed E-state index contributed by atoms with van der Waals surface area (Å²) in [6.45, 7) is 4.53. The molecule has 0 saturated carbocycles. The maximum absolute atomic E-state index is 11.7. The third-order valence-corrected chi connectivity index (χ3v) is 2.66. The van der Waals surface area contributed by atoms with Gasteiger partial charge in [-0.05, 0) is 23.6 Å². The summed E-state index contributed by atoms with van der Waals surface area (Å²) in [5.74, 6) is 0.127. The third kappa shape index (κ3) is 1.33. The number of fused-ring (bicyclic) bond motifs is 1. The Morgan fingerprint density at radius 3 is 3.00 bits per heavy atom. The molecule has 0 aromatic heterocycles. The van der Waals surface area contributed by atoms with Crippen LogP contribution in [0.25, 0.3) is 6.08 Å². The molecule has 2 rings (SSSR count). The molecule has 1 aliphatic rings. The van der Waals surface area contributed by atoms with Crippen molar-refractivity contribution < 1.29 is 4.79 Å². The number of rotatable bonds is 1. The van der Waals surface area contributed by atoms with E-state index in [0.717, 1.165) is 29.7 Å². The lowest BCUT2D eigenvalue weighted by atomic mass is 9.97. The Labute approximate surface area is 83.8 Å². The van der Waals surface area contributed by atoms with E-state index in [1.165, 1.54) is 0 Å². The van der Waals surface area contributed by atoms with E-state index in [0.29, 0.717) is 0 Å². The van der Waals surface area contributed by atoms with Gasteiger partial charge in [-0.15, -0.1) is 0 Å². The zero-order valence-electron chi connectivity index (χ0n) is 8.29. The predicted molar refractivity (Wildman–Crippen MR) is 57.2 cm³/mol. The van der Waals surface area contributed by atoms with E-state index in [4.69, 9.17) is 0 Å². The van der Waals surface area contributed by atoms with Crippen LogP contribution in [0.15, 0.2) is 24.8 Å². The summed E-state index contributed by atoms with van der Waals surface area (Å²) in [4.78, 5) is 13.5. The lowest BCUT2D eigenvalue weighted by molar-refractivity contribution is 0.0781. The first-order valence-electron chi connectivity index (χ1n) is 4.73. The van der Waals surface area contributed by atoms with Gasteiger partial charge in [0, 0.05) is 19.2 Å². The van der Waals surface area contributed by atoms with Crippen LogP contribution in [0, 0.1) is 0 Å². The monoisotopic (exact) mass is 187 g/mol. The maximum Gasteiger partial charge on any atom is 0.253 e. The summed E-state index contributed by atoms with van der Waals surface area (Å²) in [5.41, 5.74) is 3.07. The van der Waals surface area contributed by atoms with E-state index in [1.54, 1.807) is 4.90 Å². The summed E-state index contributed by atoms with van der Waals surface area (Å²) in [5, 5.41) is 0. The van der Waals surface area contributed by atoms with Gasteiger partial charge in [-0.25, -0.2) is 0 Å². The molecule has 0 N–H and O–H groups in total. The highest BCUT2D eigenvalue weighted by Gasteiger charge is 2.20. The van der Waals surface area contributed by atoms with Crippen LogP contribution in [0.1, 0.15) is 21.5 Å². The maximum atomic E-state index is 11.7. The third-order valence-electron chi connectivity index (χ3n) is 2.66. The second kappa shape index (κ2) is 3.29. The summed E-state index contributed by atoms with van der Waals surface area (Å²) in [6.07, 6.45) is 2.75. The fourth-order valence-corrected chi connectivity index (χ4v) is 1.75. The molecule has 0 unspecified atom stereocenters. The van der Waals surface area contributed by atoms with Crippen molar-refractivity contribution in [2.45, 2.75) is 6.42 Å². The highest BCUT2D eigenvalue weighted by atomic mass is 16.2. The molecule has 0 atom stereocenters. The second-order valence-corrected chi connectivity index (χ2v) is 3.60. The Bertz CT molecular complexity index is 395. The van der Waals surface area contributed by atoms with E-state index < -0.39 is 0 Å². The molecule has 0 aliphatic carbocycles. The molecule has 2 heteroatoms. The standard InChI is InChI=1S/C12H13NO/c1-3-9-4-5-11-10(8-9)6-7-13(2)12(11)14/h3-5,8H,1,6-7H2,2H3. The summed E-state index contributed by atoms with van der Waals surface area (Å²) in [6, 6.07) is 5.88. The van der Waals surface area contributed by atoms with Gasteiger partial charge in [-0.1, -0.05) is 24.8 Å². The van der Waals surface area contributed by atoms with Gasteiger partial charge in [0.2, 0.25) is 0 Å². The van der Waals surface area contributed by atoms with Crippen LogP contribution in [-0.2, 0) is 6.42 Å². The van der Waals surface area contributed by atoms with E-state index in [-0.39, 0.29) is 5.91 Å². The topological polar surface area (TPSA) is 20.3 Å². The van der Waals surface area contributed by atoms with Crippen molar-refractivity contribution in [3.8, 4) is 0 Å². The number of carbonyl (C=O) groups excluding carboxylic acids is 1. The Morgan fingerprint density at radius 2 is 2.29 bits per heavy atom. The normalized spacial score (nSPS) is 15.2. The Morgan fingerprint density at radius 1 is 1.50 bits per heavy atom. The van der Waals surface area contributed by atoms with Crippen LogP contribution in [0.4, 0.5) is 0 Å². The lowest BCUT2D eigenvalue weighted by Crippen LogP contribution is -2.34. The van der Waals surface area contributed by atoms with Gasteiger partial charge in [-0.3, -0.25) is 4.79 Å². The number of nitrogens with zero attached hydrogens (tertiary/aromatic N) is 1. The van der Waals surface area contributed by atoms with Crippen molar-refractivity contribution >= 4 is 12.0 Å². The van der Waals surface area contributed by atoms with Crippen LogP contribution in [0.5, 0.6) is 0 Å². The molecule has 0 saturated heterocycles. The molecule has 1 amide bonds. The van der Waals surface area contributed by atoms with Crippen molar-refractivity contribution in [1.82, 2.24) is 4.90 Å². The van der Waals surface area contributed by atoms with Crippen molar-refractivity contribution in [3.05, 3.63) is 41.5 Å². The molecule has 0 spiro atoms. The van der Waals surface area contributed by atoms with Crippen LogP contribution >= 0.6 is 0 Å². The van der Waals surface area contributed by atoms with Crippen LogP contribution in [0.2, 0.25) is 0 Å². The average molecular weight is 187 g/mol. The molecular weight excluding hydrogens is 174 g/mol. The second-order valence-electron chi connectivity index (χ2n) is 3.60. The molecule has 1 aliphatic heterocycles. The SMILES string of the molecule is C=Cc1ccc2c(c1)CCN(C)C2=O. The van der Waals surface area contributed by atoms with Crippen molar-refractivity contribution in [3.63, 3.8) is 0 Å². The molecule has 2 nitrogen and oxygen atoms in total. The quantitative estimate of drug-likeness (QED) is 0.658. The number of amides is 1. The van der Waals surface area contributed by atoms with Gasteiger partial charge in [-0.2, -0.15) is 0 Å². The number of hydrogen-bond acceptors (Lipinski definition) is 1. The van der Waals surface area contributed by atoms with Gasteiger partial charge in [0.15, 0.2) is 0 Å². The lowest BCUT2D eigenvalue weighted by Gasteiger charge is -2.24. The minimum absolute atomic E-state index is 0.127. The molecule has 1 aromatic carbocycles. The molecule has 0 bridgehead atoms. The summed E-state index contributed by atoms with van der Waals surface area (Å²) >= 11 is 0. The Balaban J connectivity index is 2.48. The Kier molecular flexibility index (Phi) is 2.12. The van der Waals surface area contributed by atoms with E-state index in [1.807, 2.05) is 31.3 Å². The smallest absolute Gasteiger partial charge is 0.253 e. The summed E-state index contributed by atoms with van der Waals surface area (Å²) < 4.78 is 0. The first-order chi connectivity index (χ1) is 6.72. The van der Waals surface area contributed by atoms with Crippen molar-refractivity contribution in [2.24, 2.45) is 0 Å². The van der Waals surface area contributed by atoms with Crippen molar-refractivity contribution in [2.75, 3.05) is 13.6 Å². The minimum Gasteiger partial charge on any atom is -0.341 e. The zero-order chi connectivity index (χ0) is 10.1. The van der Waals surface area contributed by atoms with Crippen LogP contribution < -0.4 is 0 Å². The van der Waals surface area contributed by atoms with Gasteiger partial charge < -0.3 is 4.90 Å². The number of benzene rings is 1. The molecular formula is C12H13NO. The molecule has 1 aromatic rings. The number of hydrogen-bond donors (Lipinski definition) is 0. The largest absolute Gasteiger partial charge is 0.341 e. The van der Waals surface area contributed by atoms with E-state index >= 15 is 0 Å². The van der Waals surface area contributed by atoms with Gasteiger partial charge in [0.25, 0.3) is 5.91 Å². The molecule has 14 heavy (non-hydrogen) atoms. The fraction of sp³-hybridized carbons (Fsp3) is 0.250. The van der Waals surface area contributed by atoms with Gasteiger partial charge in [0.05, 0.1) is 0 Å². The molecule has 0 radical (unpaired) electrons. The minimum atomic E-state index is 0.127. The van der Waals surface area contributed by atoms with Crippen LogP contribution in [-0.4, -0.2) is 24.4 Å². The van der Waals surface area contributed by atoms with Gasteiger partial charge in [0.1, 0.15) is 0 Å². The highest BCUT2D eigenvalue weighted by molar-refractivity contribution is 5.96.